The van der Waals surface area contributed by atoms with Crippen molar-refractivity contribution in [2.45, 2.75) is 94.7 Å². The van der Waals surface area contributed by atoms with Gasteiger partial charge in [-0.3, -0.25) is 0 Å². The zero-order valence-electron chi connectivity index (χ0n) is 17.3. The van der Waals surface area contributed by atoms with Gasteiger partial charge in [0.15, 0.2) is 0 Å². The Bertz CT molecular complexity index is 630. The minimum absolute atomic E-state index is 0.0682. The molecule has 0 atom stereocenters. The lowest BCUT2D eigenvalue weighted by Crippen LogP contribution is -2.25. The maximum atomic E-state index is 14.1. The first kappa shape index (κ1) is 23.1. The van der Waals surface area contributed by atoms with Crippen LogP contribution in [-0.4, -0.2) is 0 Å². The monoisotopic (exact) mass is 476 g/mol. The Balaban J connectivity index is 1.51. The summed E-state index contributed by atoms with van der Waals surface area (Å²) in [5.41, 5.74) is -0.663. The van der Waals surface area contributed by atoms with Crippen molar-refractivity contribution >= 4 is 15.9 Å². The molecule has 2 fully saturated rings. The summed E-state index contributed by atoms with van der Waals surface area (Å²) in [5.74, 6) is 0.158. The lowest BCUT2D eigenvalue weighted by Gasteiger charge is -2.38. The van der Waals surface area contributed by atoms with Gasteiger partial charge in [0.2, 0.25) is 0 Å². The highest BCUT2D eigenvalue weighted by atomic mass is 79.9. The second-order valence-corrected chi connectivity index (χ2v) is 10.2. The van der Waals surface area contributed by atoms with Gasteiger partial charge in [-0.1, -0.05) is 45.4 Å². The van der Waals surface area contributed by atoms with E-state index in [9.17, 15) is 17.6 Å². The van der Waals surface area contributed by atoms with Crippen LogP contribution in [0.3, 0.4) is 0 Å². The average Bonchev–Trinajstić information content (AvgIpc) is 2.67. The van der Waals surface area contributed by atoms with Gasteiger partial charge in [-0.25, -0.2) is 8.78 Å². The van der Waals surface area contributed by atoms with Crippen LogP contribution in [0.15, 0.2) is 12.1 Å². The van der Waals surface area contributed by atoms with E-state index in [-0.39, 0.29) is 5.92 Å². The van der Waals surface area contributed by atoms with E-state index in [2.05, 4.69) is 22.9 Å². The molecule has 0 N–H and O–H groups in total. The van der Waals surface area contributed by atoms with Crippen molar-refractivity contribution in [3.05, 3.63) is 34.9 Å². The molecular weight excluding hydrogens is 444 g/mol. The van der Waals surface area contributed by atoms with E-state index >= 15 is 0 Å². The summed E-state index contributed by atoms with van der Waals surface area (Å²) in [6, 6.07) is 2.22. The molecule has 0 saturated heterocycles. The molecule has 0 aliphatic heterocycles. The SMILES string of the molecule is CCCCCC1CCC(C2CCC(c3cc(F)c(C(F)(F)Br)c(F)c3)CC2)CC1. The second-order valence-electron chi connectivity index (χ2n) is 9.25. The standard InChI is InChI=1S/C24H33BrF4/c1-2-3-4-5-16-6-8-17(9-7-16)18-10-12-19(13-11-18)20-14-21(26)23(22(27)15-20)24(25,28)29/h14-19H,2-13H2,1H3. The normalized spacial score (nSPS) is 28.5. The molecule has 0 heterocycles. The topological polar surface area (TPSA) is 0 Å². The number of hydrogen-bond acceptors (Lipinski definition) is 0. The Hall–Kier alpha value is -0.580. The Labute approximate surface area is 181 Å². The molecule has 29 heavy (non-hydrogen) atoms. The van der Waals surface area contributed by atoms with Gasteiger partial charge < -0.3 is 0 Å². The van der Waals surface area contributed by atoms with Crippen LogP contribution in [0.2, 0.25) is 0 Å². The molecule has 3 rings (SSSR count). The maximum absolute atomic E-state index is 14.1. The summed E-state index contributed by atoms with van der Waals surface area (Å²) < 4.78 is 55.0. The molecule has 0 radical (unpaired) electrons. The van der Waals surface area contributed by atoms with Gasteiger partial charge in [-0.2, -0.15) is 8.78 Å². The van der Waals surface area contributed by atoms with Crippen LogP contribution in [0.5, 0.6) is 0 Å². The van der Waals surface area contributed by atoms with Crippen LogP contribution in [0, 0.1) is 29.4 Å². The number of halogens is 5. The number of benzene rings is 1. The molecule has 1 aromatic carbocycles. The van der Waals surface area contributed by atoms with E-state index in [0.717, 1.165) is 49.7 Å². The van der Waals surface area contributed by atoms with Crippen molar-refractivity contribution in [2.24, 2.45) is 17.8 Å². The number of alkyl halides is 3. The van der Waals surface area contributed by atoms with E-state index in [1.54, 1.807) is 0 Å². The quantitative estimate of drug-likeness (QED) is 0.209. The van der Waals surface area contributed by atoms with Gasteiger partial charge in [0.05, 0.1) is 0 Å². The first-order valence-corrected chi connectivity index (χ1v) is 12.1. The Kier molecular flexibility index (Phi) is 8.08. The fraction of sp³-hybridized carbons (Fsp3) is 0.750. The lowest BCUT2D eigenvalue weighted by molar-refractivity contribution is 0.105. The van der Waals surface area contributed by atoms with Crippen LogP contribution in [-0.2, 0) is 4.83 Å². The van der Waals surface area contributed by atoms with E-state index in [4.69, 9.17) is 0 Å². The molecule has 164 valence electrons. The summed E-state index contributed by atoms with van der Waals surface area (Å²) in [6.07, 6.45) is 14.7. The fourth-order valence-electron chi connectivity index (χ4n) is 5.65. The van der Waals surface area contributed by atoms with E-state index in [1.165, 1.54) is 51.4 Å². The van der Waals surface area contributed by atoms with Crippen LogP contribution < -0.4 is 0 Å². The molecule has 1 aromatic rings. The fourth-order valence-corrected chi connectivity index (χ4v) is 6.03. The second kappa shape index (κ2) is 10.2. The van der Waals surface area contributed by atoms with Gasteiger partial charge in [-0.15, -0.1) is 0 Å². The molecule has 2 saturated carbocycles. The van der Waals surface area contributed by atoms with Gasteiger partial charge >= 0.3 is 4.83 Å². The third kappa shape index (κ3) is 5.98. The highest BCUT2D eigenvalue weighted by molar-refractivity contribution is 9.09. The van der Waals surface area contributed by atoms with Gasteiger partial charge in [0, 0.05) is 0 Å². The zero-order chi connectivity index (χ0) is 21.0. The van der Waals surface area contributed by atoms with Gasteiger partial charge in [-0.05, 0) is 95.8 Å². The van der Waals surface area contributed by atoms with Crippen molar-refractivity contribution in [3.8, 4) is 0 Å². The van der Waals surface area contributed by atoms with Crippen LogP contribution in [0.4, 0.5) is 17.6 Å². The molecule has 0 aromatic heterocycles. The lowest BCUT2D eigenvalue weighted by atomic mass is 9.68. The van der Waals surface area contributed by atoms with Crippen molar-refractivity contribution < 1.29 is 17.6 Å². The van der Waals surface area contributed by atoms with E-state index in [1.807, 2.05) is 0 Å². The summed E-state index contributed by atoms with van der Waals surface area (Å²) >= 11 is 2.07. The maximum Gasteiger partial charge on any atom is 0.332 e. The molecule has 5 heteroatoms. The van der Waals surface area contributed by atoms with Gasteiger partial charge in [0.25, 0.3) is 0 Å². The van der Waals surface area contributed by atoms with E-state index < -0.39 is 22.0 Å². The first-order chi connectivity index (χ1) is 13.8. The number of hydrogen-bond donors (Lipinski definition) is 0. The predicted molar refractivity (Wildman–Crippen MR) is 113 cm³/mol. The molecular formula is C24H33BrF4. The third-order valence-electron chi connectivity index (χ3n) is 7.37. The molecule has 2 aliphatic rings. The molecule has 0 spiro atoms. The molecule has 0 unspecified atom stereocenters. The van der Waals surface area contributed by atoms with Crippen molar-refractivity contribution in [1.29, 1.82) is 0 Å². The Morgan fingerprint density at radius 2 is 1.38 bits per heavy atom. The highest BCUT2D eigenvalue weighted by Crippen LogP contribution is 2.45. The van der Waals surface area contributed by atoms with Crippen LogP contribution >= 0.6 is 15.9 Å². The average molecular weight is 477 g/mol. The first-order valence-electron chi connectivity index (χ1n) is 11.4. The Morgan fingerprint density at radius 3 is 1.86 bits per heavy atom. The smallest absolute Gasteiger partial charge is 0.206 e. The van der Waals surface area contributed by atoms with Gasteiger partial charge in [0.1, 0.15) is 17.2 Å². The molecule has 0 amide bonds. The van der Waals surface area contributed by atoms with Crippen LogP contribution in [0.25, 0.3) is 0 Å². The Morgan fingerprint density at radius 1 is 0.862 bits per heavy atom. The largest absolute Gasteiger partial charge is 0.332 e. The van der Waals surface area contributed by atoms with Crippen molar-refractivity contribution in [2.75, 3.05) is 0 Å². The summed E-state index contributed by atoms with van der Waals surface area (Å²) in [4.78, 5) is -3.69. The third-order valence-corrected chi connectivity index (χ3v) is 7.76. The van der Waals surface area contributed by atoms with Crippen molar-refractivity contribution in [3.63, 3.8) is 0 Å². The summed E-state index contributed by atoms with van der Waals surface area (Å²) in [6.45, 7) is 2.25. The highest BCUT2D eigenvalue weighted by Gasteiger charge is 2.36. The molecule has 0 nitrogen and oxygen atoms in total. The van der Waals surface area contributed by atoms with Crippen LogP contribution in [0.1, 0.15) is 101 Å². The van der Waals surface area contributed by atoms with E-state index in [0.29, 0.717) is 11.5 Å². The number of unbranched alkanes of at least 4 members (excludes halogenated alkanes) is 2. The molecule has 0 bridgehead atoms. The minimum atomic E-state index is -3.69. The summed E-state index contributed by atoms with van der Waals surface area (Å²) in [5, 5.41) is 0. The number of rotatable bonds is 7. The van der Waals surface area contributed by atoms with Crippen molar-refractivity contribution in [1.82, 2.24) is 0 Å². The predicted octanol–water partition coefficient (Wildman–Crippen LogP) is 9.07. The minimum Gasteiger partial charge on any atom is -0.206 e. The zero-order valence-corrected chi connectivity index (χ0v) is 18.9. The summed E-state index contributed by atoms with van der Waals surface area (Å²) in [7, 11) is 0. The molecule has 2 aliphatic carbocycles.